The number of amides is 1. The van der Waals surface area contributed by atoms with Gasteiger partial charge in [-0.15, -0.1) is 0 Å². The first-order valence-corrected chi connectivity index (χ1v) is 8.34. The molecular weight excluding hydrogens is 388 g/mol. The number of hydrogen-bond donors (Lipinski definition) is 2. The van der Waals surface area contributed by atoms with Crippen LogP contribution in [-0.4, -0.2) is 31.4 Å². The van der Waals surface area contributed by atoms with Crippen LogP contribution in [0.4, 0.5) is 0 Å². The van der Waals surface area contributed by atoms with Crippen molar-refractivity contribution >= 4 is 21.8 Å². The molecule has 8 heteroatoms. The van der Waals surface area contributed by atoms with E-state index in [4.69, 9.17) is 10.2 Å². The van der Waals surface area contributed by atoms with Crippen molar-refractivity contribution in [2.45, 2.75) is 26.0 Å². The number of furan rings is 1. The molecule has 0 atom stereocenters. The number of hydrogen-bond acceptors (Lipinski definition) is 5. The summed E-state index contributed by atoms with van der Waals surface area (Å²) in [7, 11) is 0. The first-order chi connectivity index (χ1) is 11.7. The highest BCUT2D eigenvalue weighted by atomic mass is 79.9. The number of aliphatic hydroxyl groups is 1. The fourth-order valence-electron chi connectivity index (χ4n) is 2.46. The molecule has 0 fully saturated rings. The Balaban J connectivity index is 2.16. The smallest absolute Gasteiger partial charge is 0.284 e. The minimum absolute atomic E-state index is 0.0454. The molecule has 1 amide bonds. The van der Waals surface area contributed by atoms with Gasteiger partial charge in [-0.3, -0.25) is 14.5 Å². The molecule has 130 valence electrons. The van der Waals surface area contributed by atoms with Gasteiger partial charge < -0.3 is 15.3 Å². The number of aromatic nitrogens is 3. The van der Waals surface area contributed by atoms with E-state index in [1.807, 2.05) is 18.2 Å². The van der Waals surface area contributed by atoms with E-state index in [1.165, 1.54) is 0 Å². The van der Waals surface area contributed by atoms with Crippen molar-refractivity contribution in [2.75, 3.05) is 0 Å². The lowest BCUT2D eigenvalue weighted by molar-refractivity contribution is 0.0578. The average molecular weight is 405 g/mol. The van der Waals surface area contributed by atoms with Gasteiger partial charge in [-0.2, -0.15) is 5.10 Å². The maximum absolute atomic E-state index is 11.4. The van der Waals surface area contributed by atoms with Crippen LogP contribution >= 0.6 is 15.9 Å². The van der Waals surface area contributed by atoms with Crippen LogP contribution in [0.5, 0.6) is 0 Å². The quantitative estimate of drug-likeness (QED) is 0.679. The van der Waals surface area contributed by atoms with Gasteiger partial charge in [0.05, 0.1) is 17.8 Å². The standard InChI is InChI=1S/C17H17BrN4O3/c1-17(2,24)9-22-8-11(10-7-13(16(19)23)25-15(10)18)14(21-22)12-5-3-4-6-20-12/h3-8,24H,9H2,1-2H3,(H2,19,23). The Morgan fingerprint density at radius 1 is 1.40 bits per heavy atom. The van der Waals surface area contributed by atoms with Gasteiger partial charge in [0.1, 0.15) is 5.69 Å². The van der Waals surface area contributed by atoms with E-state index in [1.54, 1.807) is 37.0 Å². The van der Waals surface area contributed by atoms with Crippen molar-refractivity contribution in [1.29, 1.82) is 0 Å². The molecule has 25 heavy (non-hydrogen) atoms. The highest BCUT2D eigenvalue weighted by Crippen LogP contribution is 2.37. The summed E-state index contributed by atoms with van der Waals surface area (Å²) in [5.41, 5.74) is 6.99. The predicted molar refractivity (Wildman–Crippen MR) is 95.7 cm³/mol. The van der Waals surface area contributed by atoms with Gasteiger partial charge in [0.2, 0.25) is 0 Å². The van der Waals surface area contributed by atoms with Crippen molar-refractivity contribution in [2.24, 2.45) is 5.73 Å². The molecule has 0 bridgehead atoms. The third-order valence-corrected chi connectivity index (χ3v) is 4.03. The van der Waals surface area contributed by atoms with Crippen LogP contribution in [0.2, 0.25) is 0 Å². The van der Waals surface area contributed by atoms with Crippen molar-refractivity contribution in [3.8, 4) is 22.5 Å². The minimum Gasteiger partial charge on any atom is -0.444 e. The molecule has 3 aromatic heterocycles. The number of rotatable bonds is 5. The molecule has 3 rings (SSSR count). The predicted octanol–water partition coefficient (Wildman–Crippen LogP) is 2.84. The Kier molecular flexibility index (Phi) is 4.49. The zero-order valence-electron chi connectivity index (χ0n) is 13.7. The molecule has 0 aromatic carbocycles. The van der Waals surface area contributed by atoms with Gasteiger partial charge in [-0.05, 0) is 48.0 Å². The molecule has 0 aliphatic heterocycles. The maximum Gasteiger partial charge on any atom is 0.284 e. The highest BCUT2D eigenvalue weighted by molar-refractivity contribution is 9.10. The maximum atomic E-state index is 11.4. The summed E-state index contributed by atoms with van der Waals surface area (Å²) in [5, 5.41) is 14.6. The van der Waals surface area contributed by atoms with Crippen LogP contribution in [0.3, 0.4) is 0 Å². The molecule has 0 radical (unpaired) electrons. The molecule has 3 aromatic rings. The Labute approximate surface area is 152 Å². The van der Waals surface area contributed by atoms with Crippen molar-refractivity contribution < 1.29 is 14.3 Å². The zero-order chi connectivity index (χ0) is 18.2. The summed E-state index contributed by atoms with van der Waals surface area (Å²) in [6.45, 7) is 3.70. The highest BCUT2D eigenvalue weighted by Gasteiger charge is 2.23. The number of halogens is 1. The summed E-state index contributed by atoms with van der Waals surface area (Å²) in [4.78, 5) is 15.7. The number of nitrogens with zero attached hydrogens (tertiary/aromatic N) is 3. The van der Waals surface area contributed by atoms with E-state index in [2.05, 4.69) is 26.0 Å². The van der Waals surface area contributed by atoms with E-state index in [0.29, 0.717) is 33.7 Å². The van der Waals surface area contributed by atoms with E-state index in [9.17, 15) is 9.90 Å². The number of carbonyl (C=O) groups is 1. The molecule has 7 nitrogen and oxygen atoms in total. The second-order valence-electron chi connectivity index (χ2n) is 6.28. The third kappa shape index (κ3) is 3.80. The fraction of sp³-hybridized carbons (Fsp3) is 0.235. The van der Waals surface area contributed by atoms with Crippen LogP contribution in [0, 0.1) is 0 Å². The Hall–Kier alpha value is -2.45. The Morgan fingerprint density at radius 2 is 2.16 bits per heavy atom. The van der Waals surface area contributed by atoms with E-state index < -0.39 is 11.5 Å². The molecule has 0 saturated heterocycles. The summed E-state index contributed by atoms with van der Waals surface area (Å²) in [5.74, 6) is -0.612. The number of nitrogens with two attached hydrogens (primary N) is 1. The van der Waals surface area contributed by atoms with Crippen LogP contribution in [0.25, 0.3) is 22.5 Å². The van der Waals surface area contributed by atoms with Gasteiger partial charge in [-0.25, -0.2) is 0 Å². The van der Waals surface area contributed by atoms with E-state index in [-0.39, 0.29) is 5.76 Å². The molecule has 0 spiro atoms. The molecule has 0 aliphatic carbocycles. The summed E-state index contributed by atoms with van der Waals surface area (Å²) < 4.78 is 7.38. The van der Waals surface area contributed by atoms with Gasteiger partial charge in [0.15, 0.2) is 10.4 Å². The van der Waals surface area contributed by atoms with Gasteiger partial charge >= 0.3 is 0 Å². The largest absolute Gasteiger partial charge is 0.444 e. The summed E-state index contributed by atoms with van der Waals surface area (Å²) >= 11 is 3.32. The monoisotopic (exact) mass is 404 g/mol. The lowest BCUT2D eigenvalue weighted by Crippen LogP contribution is -2.26. The minimum atomic E-state index is -0.934. The molecule has 0 aliphatic rings. The van der Waals surface area contributed by atoms with Gasteiger partial charge in [0, 0.05) is 23.5 Å². The van der Waals surface area contributed by atoms with Gasteiger partial charge in [0.25, 0.3) is 5.91 Å². The van der Waals surface area contributed by atoms with E-state index in [0.717, 1.165) is 0 Å². The lowest BCUT2D eigenvalue weighted by Gasteiger charge is -2.16. The number of carbonyl (C=O) groups excluding carboxylic acids is 1. The van der Waals surface area contributed by atoms with Crippen LogP contribution in [0.15, 0.2) is 45.7 Å². The molecule has 3 heterocycles. The summed E-state index contributed by atoms with van der Waals surface area (Å²) in [6.07, 6.45) is 3.45. The normalized spacial score (nSPS) is 11.7. The molecule has 3 N–H and O–H groups in total. The summed E-state index contributed by atoms with van der Waals surface area (Å²) in [6, 6.07) is 7.07. The van der Waals surface area contributed by atoms with Crippen molar-refractivity contribution in [3.63, 3.8) is 0 Å². The Morgan fingerprint density at radius 3 is 2.72 bits per heavy atom. The fourth-order valence-corrected chi connectivity index (χ4v) is 2.96. The molecule has 0 saturated carbocycles. The number of pyridine rings is 1. The second-order valence-corrected chi connectivity index (χ2v) is 7.00. The first kappa shape index (κ1) is 17.4. The second kappa shape index (κ2) is 6.45. The van der Waals surface area contributed by atoms with Crippen LogP contribution in [0.1, 0.15) is 24.4 Å². The average Bonchev–Trinajstić information content (AvgIpc) is 3.10. The van der Waals surface area contributed by atoms with Crippen molar-refractivity contribution in [3.05, 3.63) is 47.1 Å². The zero-order valence-corrected chi connectivity index (χ0v) is 15.3. The molecular formula is C17H17BrN4O3. The third-order valence-electron chi connectivity index (χ3n) is 3.44. The SMILES string of the molecule is CC(C)(O)Cn1cc(-c2cc(C(N)=O)oc2Br)c(-c2ccccn2)n1. The van der Waals surface area contributed by atoms with Crippen LogP contribution < -0.4 is 5.73 Å². The van der Waals surface area contributed by atoms with E-state index >= 15 is 0 Å². The first-order valence-electron chi connectivity index (χ1n) is 7.55. The number of primary amides is 1. The lowest BCUT2D eigenvalue weighted by atomic mass is 10.1. The van der Waals surface area contributed by atoms with Gasteiger partial charge in [-0.1, -0.05) is 6.07 Å². The van der Waals surface area contributed by atoms with Crippen molar-refractivity contribution in [1.82, 2.24) is 14.8 Å². The Bertz CT molecular complexity index is 910. The topological polar surface area (TPSA) is 107 Å². The molecule has 0 unspecified atom stereocenters. The van der Waals surface area contributed by atoms with Crippen LogP contribution in [-0.2, 0) is 6.54 Å².